The highest BCUT2D eigenvalue weighted by Gasteiger charge is 2.32. The van der Waals surface area contributed by atoms with Crippen LogP contribution in [0.1, 0.15) is 36.8 Å². The van der Waals surface area contributed by atoms with Crippen molar-refractivity contribution in [3.63, 3.8) is 0 Å². The number of amides is 1. The van der Waals surface area contributed by atoms with Crippen LogP contribution in [0.2, 0.25) is 0 Å². The molecular formula is C27H33FN4O2. The fraction of sp³-hybridized carbons (Fsp3) is 0.481. The van der Waals surface area contributed by atoms with Crippen LogP contribution < -0.4 is 10.2 Å². The molecule has 2 N–H and O–H groups in total. The molecule has 0 radical (unpaired) electrons. The third-order valence-electron chi connectivity index (χ3n) is 7.13. The molecule has 0 unspecified atom stereocenters. The molecule has 0 aliphatic carbocycles. The van der Waals surface area contributed by atoms with Gasteiger partial charge in [-0.1, -0.05) is 30.3 Å². The molecule has 1 atom stereocenters. The van der Waals surface area contributed by atoms with Gasteiger partial charge < -0.3 is 15.3 Å². The Balaban J connectivity index is 1.43. The molecule has 2 aromatic carbocycles. The van der Waals surface area contributed by atoms with Crippen molar-refractivity contribution in [2.24, 2.45) is 11.8 Å². The van der Waals surface area contributed by atoms with Crippen molar-refractivity contribution in [3.05, 3.63) is 65.5 Å². The first-order valence-electron chi connectivity index (χ1n) is 12.2. The zero-order valence-electron chi connectivity index (χ0n) is 19.5. The highest BCUT2D eigenvalue weighted by molar-refractivity contribution is 5.95. The summed E-state index contributed by atoms with van der Waals surface area (Å²) in [5, 5.41) is 23.7. The SMILES string of the molecule is N#Cc1cc(N(C[C@H](O)C2CCN(Cc3ccccc3)CC2)C(=O)C2CCNCC2)ccc1F. The number of carbonyl (C=O) groups is 1. The van der Waals surface area contributed by atoms with Crippen LogP contribution in [0, 0.1) is 29.0 Å². The zero-order chi connectivity index (χ0) is 23.9. The summed E-state index contributed by atoms with van der Waals surface area (Å²) in [6, 6.07) is 16.4. The third kappa shape index (κ3) is 6.01. The van der Waals surface area contributed by atoms with Crippen molar-refractivity contribution in [2.45, 2.75) is 38.3 Å². The highest BCUT2D eigenvalue weighted by atomic mass is 19.1. The van der Waals surface area contributed by atoms with E-state index in [4.69, 9.17) is 0 Å². The summed E-state index contributed by atoms with van der Waals surface area (Å²) >= 11 is 0. The number of nitriles is 1. The van der Waals surface area contributed by atoms with Crippen molar-refractivity contribution in [1.29, 1.82) is 5.26 Å². The van der Waals surface area contributed by atoms with Crippen LogP contribution in [0.5, 0.6) is 0 Å². The number of likely N-dealkylation sites (tertiary alicyclic amines) is 1. The molecule has 0 bridgehead atoms. The molecular weight excluding hydrogens is 431 g/mol. The number of rotatable bonds is 7. The minimum atomic E-state index is -0.680. The highest BCUT2D eigenvalue weighted by Crippen LogP contribution is 2.27. The number of hydrogen-bond donors (Lipinski definition) is 2. The molecule has 0 aromatic heterocycles. The van der Waals surface area contributed by atoms with E-state index in [2.05, 4.69) is 22.3 Å². The van der Waals surface area contributed by atoms with Gasteiger partial charge in [0.05, 0.1) is 18.2 Å². The predicted octanol–water partition coefficient (Wildman–Crippen LogP) is 3.30. The number of nitrogens with one attached hydrogen (secondary N) is 1. The van der Waals surface area contributed by atoms with E-state index in [1.165, 1.54) is 23.8 Å². The first kappa shape index (κ1) is 24.3. The minimum Gasteiger partial charge on any atom is -0.391 e. The number of aliphatic hydroxyl groups excluding tert-OH is 1. The fourth-order valence-electron chi connectivity index (χ4n) is 5.05. The quantitative estimate of drug-likeness (QED) is 0.657. The number of piperidine rings is 2. The maximum Gasteiger partial charge on any atom is 0.230 e. The van der Waals surface area contributed by atoms with E-state index in [0.717, 1.165) is 58.4 Å². The van der Waals surface area contributed by atoms with Crippen LogP contribution in [0.15, 0.2) is 48.5 Å². The lowest BCUT2D eigenvalue weighted by Crippen LogP contribution is -2.47. The monoisotopic (exact) mass is 464 g/mol. The molecule has 34 heavy (non-hydrogen) atoms. The molecule has 1 amide bonds. The Bertz CT molecular complexity index is 995. The second-order valence-corrected chi connectivity index (χ2v) is 9.42. The van der Waals surface area contributed by atoms with E-state index in [0.29, 0.717) is 5.69 Å². The first-order chi connectivity index (χ1) is 16.5. The van der Waals surface area contributed by atoms with E-state index < -0.39 is 11.9 Å². The lowest BCUT2D eigenvalue weighted by atomic mass is 9.90. The van der Waals surface area contributed by atoms with Gasteiger partial charge in [0.25, 0.3) is 0 Å². The second kappa shape index (κ2) is 11.6. The molecule has 2 saturated heterocycles. The van der Waals surface area contributed by atoms with Crippen LogP contribution in [-0.2, 0) is 11.3 Å². The normalized spacial score (nSPS) is 18.9. The number of aliphatic hydroxyl groups is 1. The smallest absolute Gasteiger partial charge is 0.230 e. The Morgan fingerprint density at radius 3 is 2.53 bits per heavy atom. The number of nitrogens with zero attached hydrogens (tertiary/aromatic N) is 3. The predicted molar refractivity (Wildman–Crippen MR) is 130 cm³/mol. The van der Waals surface area contributed by atoms with Gasteiger partial charge in [0.2, 0.25) is 5.91 Å². The summed E-state index contributed by atoms with van der Waals surface area (Å²) in [5.41, 5.74) is 1.66. The average molecular weight is 465 g/mol. The third-order valence-corrected chi connectivity index (χ3v) is 7.13. The van der Waals surface area contributed by atoms with Crippen molar-refractivity contribution < 1.29 is 14.3 Å². The summed E-state index contributed by atoms with van der Waals surface area (Å²) in [5.74, 6) is -0.715. The lowest BCUT2D eigenvalue weighted by Gasteiger charge is -2.37. The molecule has 0 saturated carbocycles. The van der Waals surface area contributed by atoms with Gasteiger partial charge in [0.1, 0.15) is 11.9 Å². The van der Waals surface area contributed by atoms with Gasteiger partial charge in [-0.15, -0.1) is 0 Å². The molecule has 7 heteroatoms. The van der Waals surface area contributed by atoms with Gasteiger partial charge in [0, 0.05) is 18.2 Å². The Morgan fingerprint density at radius 2 is 1.85 bits per heavy atom. The molecule has 2 aliphatic rings. The van der Waals surface area contributed by atoms with Gasteiger partial charge in [-0.25, -0.2) is 4.39 Å². The summed E-state index contributed by atoms with van der Waals surface area (Å²) in [6.07, 6.45) is 2.50. The number of hydrogen-bond acceptors (Lipinski definition) is 5. The zero-order valence-corrected chi connectivity index (χ0v) is 19.5. The maximum absolute atomic E-state index is 13.9. The van der Waals surface area contributed by atoms with E-state index in [-0.39, 0.29) is 29.9 Å². The molecule has 2 fully saturated rings. The molecule has 0 spiro atoms. The van der Waals surface area contributed by atoms with E-state index in [1.807, 2.05) is 24.3 Å². The number of benzene rings is 2. The van der Waals surface area contributed by atoms with Crippen molar-refractivity contribution in [1.82, 2.24) is 10.2 Å². The topological polar surface area (TPSA) is 79.6 Å². The summed E-state index contributed by atoms with van der Waals surface area (Å²) in [4.78, 5) is 17.4. The summed E-state index contributed by atoms with van der Waals surface area (Å²) in [7, 11) is 0. The Labute approximate surface area is 201 Å². The number of halogens is 1. The molecule has 2 aliphatic heterocycles. The molecule has 4 rings (SSSR count). The van der Waals surface area contributed by atoms with E-state index >= 15 is 0 Å². The standard InChI is InChI=1S/C27H33FN4O2/c28-25-7-6-24(16-23(25)17-29)32(27(34)22-8-12-30-13-9-22)19-26(33)21-10-14-31(15-11-21)18-20-4-2-1-3-5-20/h1-7,16,21-22,26,30,33H,8-15,18-19H2/t26-/m0/s1. The van der Waals surface area contributed by atoms with Crippen LogP contribution >= 0.6 is 0 Å². The Morgan fingerprint density at radius 1 is 1.15 bits per heavy atom. The molecule has 2 heterocycles. The number of carbonyl (C=O) groups excluding carboxylic acids is 1. The van der Waals surface area contributed by atoms with E-state index in [9.17, 15) is 19.6 Å². The van der Waals surface area contributed by atoms with Gasteiger partial charge in [-0.3, -0.25) is 9.69 Å². The van der Waals surface area contributed by atoms with Crippen molar-refractivity contribution in [3.8, 4) is 6.07 Å². The van der Waals surface area contributed by atoms with Gasteiger partial charge in [-0.05, 0) is 81.5 Å². The van der Waals surface area contributed by atoms with Crippen LogP contribution in [0.3, 0.4) is 0 Å². The minimum absolute atomic E-state index is 0.0578. The largest absolute Gasteiger partial charge is 0.391 e. The first-order valence-corrected chi connectivity index (χ1v) is 12.2. The van der Waals surface area contributed by atoms with Crippen molar-refractivity contribution in [2.75, 3.05) is 37.6 Å². The van der Waals surface area contributed by atoms with E-state index in [1.54, 1.807) is 4.90 Å². The number of anilines is 1. The Kier molecular flexibility index (Phi) is 8.28. The molecule has 180 valence electrons. The van der Waals surface area contributed by atoms with Gasteiger partial charge in [0.15, 0.2) is 0 Å². The summed E-state index contributed by atoms with van der Waals surface area (Å²) < 4.78 is 13.9. The maximum atomic E-state index is 13.9. The molecule has 6 nitrogen and oxygen atoms in total. The van der Waals surface area contributed by atoms with Crippen LogP contribution in [-0.4, -0.2) is 54.7 Å². The molecule has 2 aromatic rings. The fourth-order valence-corrected chi connectivity index (χ4v) is 5.05. The van der Waals surface area contributed by atoms with Gasteiger partial charge in [-0.2, -0.15) is 5.26 Å². The van der Waals surface area contributed by atoms with Crippen LogP contribution in [0.25, 0.3) is 0 Å². The average Bonchev–Trinajstić information content (AvgIpc) is 2.89. The second-order valence-electron chi connectivity index (χ2n) is 9.42. The Hall–Kier alpha value is -2.79. The summed E-state index contributed by atoms with van der Waals surface area (Å²) in [6.45, 7) is 4.40. The lowest BCUT2D eigenvalue weighted by molar-refractivity contribution is -0.123. The van der Waals surface area contributed by atoms with Gasteiger partial charge >= 0.3 is 0 Å². The van der Waals surface area contributed by atoms with Crippen molar-refractivity contribution >= 4 is 11.6 Å². The van der Waals surface area contributed by atoms with Crippen LogP contribution in [0.4, 0.5) is 10.1 Å².